The molecule has 5 nitrogen and oxygen atoms in total. The number of carbonyl (C=O) groups excluding carboxylic acids is 1. The van der Waals surface area contributed by atoms with E-state index in [1.807, 2.05) is 30.3 Å². The maximum Gasteiger partial charge on any atom is 0.257 e. The van der Waals surface area contributed by atoms with E-state index in [2.05, 4.69) is 15.6 Å². The average Bonchev–Trinajstić information content (AvgIpc) is 2.63. The molecule has 0 bridgehead atoms. The molecule has 2 aromatic rings. The number of pyridine rings is 1. The van der Waals surface area contributed by atoms with Gasteiger partial charge >= 0.3 is 0 Å². The third-order valence-electron chi connectivity index (χ3n) is 4.33. The van der Waals surface area contributed by atoms with E-state index in [-0.39, 0.29) is 5.91 Å². The van der Waals surface area contributed by atoms with Crippen molar-refractivity contribution in [2.75, 3.05) is 17.7 Å². The molecule has 5 heteroatoms. The molecule has 0 unspecified atom stereocenters. The summed E-state index contributed by atoms with van der Waals surface area (Å²) in [4.78, 5) is 16.7. The van der Waals surface area contributed by atoms with Crippen LogP contribution in [0.5, 0.6) is 5.75 Å². The number of benzene rings is 1. The molecule has 126 valence electrons. The first-order chi connectivity index (χ1) is 11.8. The highest BCUT2D eigenvalue weighted by Gasteiger charge is 2.15. The molecule has 0 spiro atoms. The van der Waals surface area contributed by atoms with Gasteiger partial charge in [-0.05, 0) is 31.0 Å². The molecule has 2 N–H and O–H groups in total. The van der Waals surface area contributed by atoms with Gasteiger partial charge in [0.05, 0.1) is 24.0 Å². The monoisotopic (exact) mass is 325 g/mol. The summed E-state index contributed by atoms with van der Waals surface area (Å²) in [5.41, 5.74) is 2.08. The Morgan fingerprint density at radius 3 is 2.75 bits per heavy atom. The van der Waals surface area contributed by atoms with Crippen molar-refractivity contribution < 1.29 is 9.53 Å². The van der Waals surface area contributed by atoms with Crippen molar-refractivity contribution in [1.29, 1.82) is 0 Å². The zero-order valence-electron chi connectivity index (χ0n) is 13.9. The van der Waals surface area contributed by atoms with Crippen LogP contribution < -0.4 is 15.4 Å². The molecule has 3 rings (SSSR count). The first kappa shape index (κ1) is 16.3. The van der Waals surface area contributed by atoms with Crippen LogP contribution >= 0.6 is 0 Å². The maximum absolute atomic E-state index is 12.5. The van der Waals surface area contributed by atoms with Crippen LogP contribution in [-0.4, -0.2) is 24.0 Å². The first-order valence-electron chi connectivity index (χ1n) is 8.42. The van der Waals surface area contributed by atoms with Gasteiger partial charge in [0.25, 0.3) is 5.91 Å². The number of para-hydroxylation sites is 2. The molecule has 0 atom stereocenters. The number of methoxy groups -OCH3 is 1. The number of amides is 1. The number of nitrogens with one attached hydrogen (secondary N) is 2. The molecule has 0 aliphatic heterocycles. The van der Waals surface area contributed by atoms with E-state index in [1.165, 1.54) is 32.1 Å². The van der Waals surface area contributed by atoms with Crippen LogP contribution in [-0.2, 0) is 0 Å². The Morgan fingerprint density at radius 1 is 1.17 bits per heavy atom. The summed E-state index contributed by atoms with van der Waals surface area (Å²) < 4.78 is 5.26. The van der Waals surface area contributed by atoms with E-state index in [4.69, 9.17) is 4.74 Å². The van der Waals surface area contributed by atoms with Gasteiger partial charge in [0.15, 0.2) is 0 Å². The Morgan fingerprint density at radius 2 is 1.96 bits per heavy atom. The fourth-order valence-corrected chi connectivity index (χ4v) is 3.07. The predicted octanol–water partition coefficient (Wildman–Crippen LogP) is 4.09. The molecule has 1 aromatic heterocycles. The van der Waals surface area contributed by atoms with Crippen LogP contribution in [0.2, 0.25) is 0 Å². The Labute approximate surface area is 142 Å². The average molecular weight is 325 g/mol. The van der Waals surface area contributed by atoms with Gasteiger partial charge in [-0.25, -0.2) is 0 Å². The molecule has 1 saturated carbocycles. The molecular formula is C19H23N3O2. The Kier molecular flexibility index (Phi) is 5.31. The summed E-state index contributed by atoms with van der Waals surface area (Å²) in [5, 5.41) is 6.37. The summed E-state index contributed by atoms with van der Waals surface area (Å²) >= 11 is 0. The van der Waals surface area contributed by atoms with Crippen LogP contribution in [0, 0.1) is 0 Å². The lowest BCUT2D eigenvalue weighted by Crippen LogP contribution is -2.22. The highest BCUT2D eigenvalue weighted by atomic mass is 16.5. The minimum Gasteiger partial charge on any atom is -0.495 e. The van der Waals surface area contributed by atoms with Gasteiger partial charge in [-0.2, -0.15) is 0 Å². The van der Waals surface area contributed by atoms with Crippen LogP contribution in [0.15, 0.2) is 42.7 Å². The topological polar surface area (TPSA) is 63.2 Å². The number of hydrogen-bond donors (Lipinski definition) is 2. The smallest absolute Gasteiger partial charge is 0.257 e. The van der Waals surface area contributed by atoms with Gasteiger partial charge < -0.3 is 15.4 Å². The molecule has 1 aliphatic carbocycles. The number of carbonyl (C=O) groups is 1. The summed E-state index contributed by atoms with van der Waals surface area (Å²) in [6, 6.07) is 9.69. The van der Waals surface area contributed by atoms with Crippen molar-refractivity contribution in [2.45, 2.75) is 38.1 Å². The summed E-state index contributed by atoms with van der Waals surface area (Å²) in [5.74, 6) is 0.439. The van der Waals surface area contributed by atoms with E-state index in [0.29, 0.717) is 23.0 Å². The number of hydrogen-bond acceptors (Lipinski definition) is 4. The van der Waals surface area contributed by atoms with Gasteiger partial charge in [-0.1, -0.05) is 31.4 Å². The van der Waals surface area contributed by atoms with Crippen molar-refractivity contribution in [3.63, 3.8) is 0 Å². The second-order valence-corrected chi connectivity index (χ2v) is 6.10. The van der Waals surface area contributed by atoms with Gasteiger partial charge in [-0.3, -0.25) is 9.78 Å². The van der Waals surface area contributed by atoms with Crippen molar-refractivity contribution in [3.05, 3.63) is 48.3 Å². The predicted molar refractivity (Wildman–Crippen MR) is 95.7 cm³/mol. The summed E-state index contributed by atoms with van der Waals surface area (Å²) in [6.07, 6.45) is 9.55. The minimum atomic E-state index is -0.195. The van der Waals surface area contributed by atoms with Crippen molar-refractivity contribution in [3.8, 4) is 5.75 Å². The molecule has 24 heavy (non-hydrogen) atoms. The Bertz CT molecular complexity index is 697. The second kappa shape index (κ2) is 7.81. The number of anilines is 2. The van der Waals surface area contributed by atoms with Gasteiger partial charge in [0.1, 0.15) is 5.75 Å². The number of ether oxygens (including phenoxy) is 1. The van der Waals surface area contributed by atoms with Crippen molar-refractivity contribution in [2.24, 2.45) is 0 Å². The molecule has 1 aliphatic rings. The van der Waals surface area contributed by atoms with Gasteiger partial charge in [0, 0.05) is 18.4 Å². The normalized spacial score (nSPS) is 14.9. The molecular weight excluding hydrogens is 302 g/mol. The summed E-state index contributed by atoms with van der Waals surface area (Å²) in [6.45, 7) is 0. The fourth-order valence-electron chi connectivity index (χ4n) is 3.07. The van der Waals surface area contributed by atoms with Crippen LogP contribution in [0.1, 0.15) is 42.5 Å². The first-order valence-corrected chi connectivity index (χ1v) is 8.42. The van der Waals surface area contributed by atoms with Crippen LogP contribution in [0.4, 0.5) is 11.4 Å². The number of aromatic nitrogens is 1. The van der Waals surface area contributed by atoms with E-state index in [0.717, 1.165) is 5.69 Å². The third-order valence-corrected chi connectivity index (χ3v) is 4.33. The van der Waals surface area contributed by atoms with Crippen molar-refractivity contribution >= 4 is 17.3 Å². The van der Waals surface area contributed by atoms with E-state index in [9.17, 15) is 4.79 Å². The molecule has 1 heterocycles. The molecule has 1 aromatic carbocycles. The van der Waals surface area contributed by atoms with Crippen molar-refractivity contribution in [1.82, 2.24) is 4.98 Å². The zero-order valence-corrected chi connectivity index (χ0v) is 13.9. The second-order valence-electron chi connectivity index (χ2n) is 6.10. The lowest BCUT2D eigenvalue weighted by molar-refractivity contribution is 0.102. The minimum absolute atomic E-state index is 0.195. The van der Waals surface area contributed by atoms with Gasteiger partial charge in [-0.15, -0.1) is 0 Å². The number of nitrogens with zero attached hydrogens (tertiary/aromatic N) is 1. The van der Waals surface area contributed by atoms with Crippen LogP contribution in [0.25, 0.3) is 0 Å². The molecule has 0 saturated heterocycles. The Hall–Kier alpha value is -2.56. The lowest BCUT2D eigenvalue weighted by atomic mass is 9.95. The SMILES string of the molecule is COc1ccccc1NC(=O)c1cncc(NC2CCCCC2)c1. The van der Waals surface area contributed by atoms with E-state index in [1.54, 1.807) is 19.5 Å². The molecule has 0 radical (unpaired) electrons. The quantitative estimate of drug-likeness (QED) is 0.869. The maximum atomic E-state index is 12.5. The highest BCUT2D eigenvalue weighted by Crippen LogP contribution is 2.24. The number of rotatable bonds is 5. The zero-order chi connectivity index (χ0) is 16.8. The fraction of sp³-hybridized carbons (Fsp3) is 0.368. The molecule has 1 fully saturated rings. The van der Waals surface area contributed by atoms with E-state index < -0.39 is 0 Å². The van der Waals surface area contributed by atoms with Crippen LogP contribution in [0.3, 0.4) is 0 Å². The van der Waals surface area contributed by atoms with E-state index >= 15 is 0 Å². The largest absolute Gasteiger partial charge is 0.495 e. The lowest BCUT2D eigenvalue weighted by Gasteiger charge is -2.23. The Balaban J connectivity index is 1.69. The third kappa shape index (κ3) is 4.04. The molecule has 1 amide bonds. The summed E-state index contributed by atoms with van der Waals surface area (Å²) in [7, 11) is 1.58. The van der Waals surface area contributed by atoms with Gasteiger partial charge in [0.2, 0.25) is 0 Å². The highest BCUT2D eigenvalue weighted by molar-refractivity contribution is 6.05. The standard InChI is InChI=1S/C19H23N3O2/c1-24-18-10-6-5-9-17(18)22-19(23)14-11-16(13-20-12-14)21-15-7-3-2-4-8-15/h5-6,9-13,15,21H,2-4,7-8H2,1H3,(H,22,23).